The molecule has 0 aliphatic carbocycles. The van der Waals surface area contributed by atoms with Gasteiger partial charge < -0.3 is 9.84 Å². The highest BCUT2D eigenvalue weighted by Crippen LogP contribution is 2.39. The summed E-state index contributed by atoms with van der Waals surface area (Å²) >= 11 is 0. The Kier molecular flexibility index (Phi) is 5.75. The van der Waals surface area contributed by atoms with Crippen LogP contribution in [0.5, 0.6) is 0 Å². The van der Waals surface area contributed by atoms with Gasteiger partial charge >= 0.3 is 12.1 Å². The summed E-state index contributed by atoms with van der Waals surface area (Å²) in [5, 5.41) is 8.99. The number of ether oxygens (including phenoxy) is 1. The second kappa shape index (κ2) is 7.30. The van der Waals surface area contributed by atoms with E-state index in [2.05, 4.69) is 0 Å². The first-order valence-corrected chi connectivity index (χ1v) is 8.89. The highest BCUT2D eigenvalue weighted by molar-refractivity contribution is 7.89. The van der Waals surface area contributed by atoms with Crippen LogP contribution in [-0.4, -0.2) is 56.8 Å². The van der Waals surface area contributed by atoms with Gasteiger partial charge in [0.15, 0.2) is 0 Å². The normalized spacial score (nSPS) is 22.2. The molecule has 0 radical (unpaired) electrons. The lowest BCUT2D eigenvalue weighted by Crippen LogP contribution is -2.34. The second-order valence-electron chi connectivity index (χ2n) is 5.80. The van der Waals surface area contributed by atoms with E-state index in [1.807, 2.05) is 0 Å². The molecule has 1 saturated heterocycles. The molecule has 1 aromatic carbocycles. The van der Waals surface area contributed by atoms with Crippen LogP contribution in [0, 0.1) is 11.8 Å². The molecule has 6 nitrogen and oxygen atoms in total. The van der Waals surface area contributed by atoms with E-state index in [0.29, 0.717) is 17.3 Å². The fourth-order valence-corrected chi connectivity index (χ4v) is 4.23. The van der Waals surface area contributed by atoms with E-state index in [1.54, 1.807) is 12.1 Å². The zero-order valence-corrected chi connectivity index (χ0v) is 14.2. The van der Waals surface area contributed by atoms with Crippen molar-refractivity contribution in [1.29, 1.82) is 0 Å². The van der Waals surface area contributed by atoms with Crippen molar-refractivity contribution in [1.82, 2.24) is 4.31 Å². The van der Waals surface area contributed by atoms with E-state index in [4.69, 9.17) is 9.84 Å². The summed E-state index contributed by atoms with van der Waals surface area (Å²) in [6.45, 7) is -1.15. The Morgan fingerprint density at radius 2 is 1.88 bits per heavy atom. The predicted octanol–water partition coefficient (Wildman–Crippen LogP) is 1.76. The lowest BCUT2D eigenvalue weighted by Gasteiger charge is -2.18. The number of halogens is 3. The number of carboxylic acid groups (broad SMARTS) is 1. The van der Waals surface area contributed by atoms with E-state index in [1.165, 1.54) is 19.2 Å². The van der Waals surface area contributed by atoms with Gasteiger partial charge in [-0.3, -0.25) is 4.79 Å². The van der Waals surface area contributed by atoms with Crippen molar-refractivity contribution in [2.24, 2.45) is 11.8 Å². The summed E-state index contributed by atoms with van der Waals surface area (Å²) < 4.78 is 69.6. The summed E-state index contributed by atoms with van der Waals surface area (Å²) in [6.07, 6.45) is -4.21. The Balaban J connectivity index is 2.23. The predicted molar refractivity (Wildman–Crippen MR) is 81.5 cm³/mol. The van der Waals surface area contributed by atoms with E-state index in [0.717, 1.165) is 5.56 Å². The standard InChI is InChI=1S/C15H18F3NO5S/c1-24-7-6-10-2-4-11(5-3-10)25(22,23)19-8-12(14(20)21)13(9-19)15(16,17)18/h2-5,12-13H,6-9H2,1H3,(H,20,21)/t12-,13-/m1/s1. The lowest BCUT2D eigenvalue weighted by atomic mass is 9.96. The monoisotopic (exact) mass is 381 g/mol. The maximum atomic E-state index is 13.0. The van der Waals surface area contributed by atoms with Gasteiger partial charge in [0, 0.05) is 20.2 Å². The molecule has 1 N–H and O–H groups in total. The molecule has 2 atom stereocenters. The number of carboxylic acids is 1. The van der Waals surface area contributed by atoms with Crippen molar-refractivity contribution in [3.8, 4) is 0 Å². The number of carbonyl (C=O) groups is 1. The fraction of sp³-hybridized carbons (Fsp3) is 0.533. The Morgan fingerprint density at radius 3 is 2.32 bits per heavy atom. The minimum absolute atomic E-state index is 0.166. The second-order valence-corrected chi connectivity index (χ2v) is 7.74. The molecule has 25 heavy (non-hydrogen) atoms. The molecule has 2 rings (SSSR count). The minimum atomic E-state index is -4.78. The molecule has 1 heterocycles. The average molecular weight is 381 g/mol. The molecule has 0 amide bonds. The largest absolute Gasteiger partial charge is 0.481 e. The van der Waals surface area contributed by atoms with Gasteiger partial charge in [0.05, 0.1) is 23.3 Å². The summed E-state index contributed by atoms with van der Waals surface area (Å²) in [6, 6.07) is 5.71. The van der Waals surface area contributed by atoms with Gasteiger partial charge in [-0.05, 0) is 24.1 Å². The van der Waals surface area contributed by atoms with Crippen LogP contribution in [0.3, 0.4) is 0 Å². The zero-order chi connectivity index (χ0) is 18.8. The number of methoxy groups -OCH3 is 1. The van der Waals surface area contributed by atoms with Crippen LogP contribution in [0.2, 0.25) is 0 Å². The third-order valence-electron chi connectivity index (χ3n) is 4.18. The molecule has 10 heteroatoms. The number of hydrogen-bond donors (Lipinski definition) is 1. The van der Waals surface area contributed by atoms with Crippen molar-refractivity contribution in [3.63, 3.8) is 0 Å². The first-order chi connectivity index (χ1) is 11.6. The number of rotatable bonds is 6. The van der Waals surface area contributed by atoms with Gasteiger partial charge in [-0.2, -0.15) is 17.5 Å². The quantitative estimate of drug-likeness (QED) is 0.812. The number of aliphatic carboxylic acids is 1. The summed E-state index contributed by atoms with van der Waals surface area (Å²) in [7, 11) is -2.67. The zero-order valence-electron chi connectivity index (χ0n) is 13.4. The lowest BCUT2D eigenvalue weighted by molar-refractivity contribution is -0.187. The first-order valence-electron chi connectivity index (χ1n) is 7.45. The van der Waals surface area contributed by atoms with E-state index in [-0.39, 0.29) is 4.90 Å². The average Bonchev–Trinajstić information content (AvgIpc) is 3.00. The van der Waals surface area contributed by atoms with Crippen molar-refractivity contribution in [2.45, 2.75) is 17.5 Å². The Morgan fingerprint density at radius 1 is 1.28 bits per heavy atom. The van der Waals surface area contributed by atoms with Crippen molar-refractivity contribution in [3.05, 3.63) is 29.8 Å². The van der Waals surface area contributed by atoms with E-state index >= 15 is 0 Å². The summed E-state index contributed by atoms with van der Waals surface area (Å²) in [4.78, 5) is 10.9. The van der Waals surface area contributed by atoms with Crippen LogP contribution in [0.1, 0.15) is 5.56 Å². The summed E-state index contributed by atoms with van der Waals surface area (Å²) in [5.74, 6) is -5.69. The highest BCUT2D eigenvalue weighted by Gasteiger charge is 2.54. The van der Waals surface area contributed by atoms with Crippen LogP contribution >= 0.6 is 0 Å². The number of sulfonamides is 1. The minimum Gasteiger partial charge on any atom is -0.481 e. The molecule has 1 aromatic rings. The molecular formula is C15H18F3NO5S. The maximum absolute atomic E-state index is 13.0. The molecule has 1 aliphatic heterocycles. The number of alkyl halides is 3. The van der Waals surface area contributed by atoms with E-state index < -0.39 is 47.1 Å². The van der Waals surface area contributed by atoms with Crippen LogP contribution in [0.4, 0.5) is 13.2 Å². The third kappa shape index (κ3) is 4.31. The SMILES string of the molecule is COCCc1ccc(S(=O)(=O)N2C[C@@H](C(F)(F)F)[C@H](C(=O)O)C2)cc1. The number of benzene rings is 1. The van der Waals surface area contributed by atoms with Crippen molar-refractivity contribution < 1.29 is 36.2 Å². The smallest absolute Gasteiger partial charge is 0.393 e. The molecule has 0 unspecified atom stereocenters. The highest BCUT2D eigenvalue weighted by atomic mass is 32.2. The van der Waals surface area contributed by atoms with Gasteiger partial charge in [0.25, 0.3) is 0 Å². The van der Waals surface area contributed by atoms with E-state index in [9.17, 15) is 26.4 Å². The van der Waals surface area contributed by atoms with Crippen LogP contribution < -0.4 is 0 Å². The van der Waals surface area contributed by atoms with Crippen molar-refractivity contribution >= 4 is 16.0 Å². The van der Waals surface area contributed by atoms with Gasteiger partial charge in [-0.1, -0.05) is 12.1 Å². The molecule has 0 bridgehead atoms. The van der Waals surface area contributed by atoms with Gasteiger partial charge in [0.2, 0.25) is 10.0 Å². The third-order valence-corrected chi connectivity index (χ3v) is 6.03. The number of nitrogens with zero attached hydrogens (tertiary/aromatic N) is 1. The molecular weight excluding hydrogens is 363 g/mol. The van der Waals surface area contributed by atoms with Crippen molar-refractivity contribution in [2.75, 3.05) is 26.8 Å². The summed E-state index contributed by atoms with van der Waals surface area (Å²) in [5.41, 5.74) is 0.818. The molecule has 140 valence electrons. The van der Waals surface area contributed by atoms with Crippen LogP contribution in [0.15, 0.2) is 29.2 Å². The molecule has 0 saturated carbocycles. The van der Waals surface area contributed by atoms with Crippen LogP contribution in [-0.2, 0) is 26.0 Å². The number of hydrogen-bond acceptors (Lipinski definition) is 4. The first kappa shape index (κ1) is 19.7. The Hall–Kier alpha value is -1.65. The Labute approximate surface area is 143 Å². The van der Waals surface area contributed by atoms with Gasteiger partial charge in [0.1, 0.15) is 0 Å². The van der Waals surface area contributed by atoms with Crippen LogP contribution in [0.25, 0.3) is 0 Å². The molecule has 0 aromatic heterocycles. The fourth-order valence-electron chi connectivity index (χ4n) is 2.74. The molecule has 0 spiro atoms. The molecule has 1 aliphatic rings. The maximum Gasteiger partial charge on any atom is 0.393 e. The topological polar surface area (TPSA) is 83.9 Å². The molecule has 1 fully saturated rings. The van der Waals surface area contributed by atoms with Gasteiger partial charge in [-0.15, -0.1) is 0 Å². The van der Waals surface area contributed by atoms with Gasteiger partial charge in [-0.25, -0.2) is 8.42 Å². The Bertz CT molecular complexity index is 718.